The summed E-state index contributed by atoms with van der Waals surface area (Å²) in [7, 11) is 0. The second-order valence-electron chi connectivity index (χ2n) is 5.29. The number of dihydropyridines is 1. The summed E-state index contributed by atoms with van der Waals surface area (Å²) in [4.78, 5) is 22.1. The third kappa shape index (κ3) is 4.79. The molecule has 0 aromatic carbocycles. The second kappa shape index (κ2) is 8.67. The van der Waals surface area contributed by atoms with Crippen LogP contribution in [0.5, 0.6) is 0 Å². The summed E-state index contributed by atoms with van der Waals surface area (Å²) < 4.78 is 5.09. The number of aromatic nitrogens is 1. The Kier molecular flexibility index (Phi) is 6.59. The van der Waals surface area contributed by atoms with E-state index in [0.717, 1.165) is 12.8 Å². The smallest absolute Gasteiger partial charge is 0.414 e. The zero-order chi connectivity index (χ0) is 16.7. The minimum Gasteiger partial charge on any atom is -0.449 e. The maximum atomic E-state index is 12.0. The molecule has 0 saturated heterocycles. The van der Waals surface area contributed by atoms with Crippen molar-refractivity contribution >= 4 is 22.9 Å². The number of rotatable bonds is 6. The number of carbonyl (C=O) groups is 1. The van der Waals surface area contributed by atoms with Crippen LogP contribution in [0.4, 0.5) is 4.79 Å². The maximum absolute atomic E-state index is 12.0. The highest BCUT2D eigenvalue weighted by Gasteiger charge is 2.25. The first-order valence-electron chi connectivity index (χ1n) is 7.91. The van der Waals surface area contributed by atoms with Crippen LogP contribution in [0.15, 0.2) is 41.3 Å². The Morgan fingerprint density at radius 3 is 2.96 bits per heavy atom. The highest BCUT2D eigenvalue weighted by Crippen LogP contribution is 2.23. The van der Waals surface area contributed by atoms with Gasteiger partial charge in [-0.1, -0.05) is 23.7 Å². The fourth-order valence-electron chi connectivity index (χ4n) is 2.50. The zero-order valence-electron chi connectivity index (χ0n) is 13.5. The second-order valence-corrected chi connectivity index (χ2v) is 5.64. The van der Waals surface area contributed by atoms with Crippen molar-refractivity contribution in [1.82, 2.24) is 9.88 Å². The van der Waals surface area contributed by atoms with E-state index >= 15 is 0 Å². The average Bonchev–Trinajstić information content (AvgIpc) is 2.57. The van der Waals surface area contributed by atoms with Crippen LogP contribution in [0.25, 0.3) is 0 Å². The molecule has 2 heterocycles. The molecule has 0 spiro atoms. The molecule has 0 saturated carbocycles. The van der Waals surface area contributed by atoms with Gasteiger partial charge in [0.15, 0.2) is 0 Å². The quantitative estimate of drug-likeness (QED) is 0.797. The van der Waals surface area contributed by atoms with Gasteiger partial charge in [-0.25, -0.2) is 4.79 Å². The van der Waals surface area contributed by atoms with Crippen LogP contribution in [-0.2, 0) is 11.2 Å². The highest BCUT2D eigenvalue weighted by atomic mass is 35.5. The Morgan fingerprint density at radius 2 is 2.30 bits per heavy atom. The van der Waals surface area contributed by atoms with Gasteiger partial charge in [0, 0.05) is 25.5 Å². The molecule has 0 bridgehead atoms. The number of aliphatic imine (C=N–C) groups is 1. The summed E-state index contributed by atoms with van der Waals surface area (Å²) in [6.45, 7) is 5.14. The molecule has 1 amide bonds. The number of nitrogens with zero attached hydrogens (tertiary/aromatic N) is 3. The molecule has 0 N–H and O–H groups in total. The van der Waals surface area contributed by atoms with Crippen molar-refractivity contribution in [1.29, 1.82) is 0 Å². The summed E-state index contributed by atoms with van der Waals surface area (Å²) in [6, 6.07) is 4.00. The van der Waals surface area contributed by atoms with Gasteiger partial charge in [0.1, 0.15) is 5.17 Å². The van der Waals surface area contributed by atoms with Crippen molar-refractivity contribution in [3.05, 3.63) is 41.9 Å². The number of aryl methyl sites for hydroxylation is 1. The van der Waals surface area contributed by atoms with Crippen molar-refractivity contribution in [2.75, 3.05) is 19.7 Å². The summed E-state index contributed by atoms with van der Waals surface area (Å²) in [6.07, 6.45) is 7.14. The minimum atomic E-state index is -0.387. The number of hydrogen-bond acceptors (Lipinski definition) is 4. The van der Waals surface area contributed by atoms with Gasteiger partial charge >= 0.3 is 6.09 Å². The minimum absolute atomic E-state index is 0.246. The van der Waals surface area contributed by atoms with Crippen molar-refractivity contribution in [2.24, 2.45) is 10.9 Å². The van der Waals surface area contributed by atoms with E-state index in [1.165, 1.54) is 10.5 Å². The van der Waals surface area contributed by atoms with E-state index in [1.807, 2.05) is 25.3 Å². The first-order valence-corrected chi connectivity index (χ1v) is 8.28. The molecule has 1 unspecified atom stereocenters. The molecule has 5 nitrogen and oxygen atoms in total. The van der Waals surface area contributed by atoms with Gasteiger partial charge in [-0.3, -0.25) is 14.9 Å². The summed E-state index contributed by atoms with van der Waals surface area (Å²) >= 11 is 6.21. The average molecular weight is 336 g/mol. The lowest BCUT2D eigenvalue weighted by Crippen LogP contribution is -2.35. The van der Waals surface area contributed by atoms with E-state index in [2.05, 4.69) is 16.0 Å². The predicted molar refractivity (Wildman–Crippen MR) is 91.7 cm³/mol. The number of hydrogen-bond donors (Lipinski definition) is 0. The van der Waals surface area contributed by atoms with E-state index in [4.69, 9.17) is 16.3 Å². The van der Waals surface area contributed by atoms with E-state index in [1.54, 1.807) is 13.1 Å². The molecule has 0 radical (unpaired) electrons. The van der Waals surface area contributed by atoms with Crippen LogP contribution in [0, 0.1) is 5.92 Å². The lowest BCUT2D eigenvalue weighted by Gasteiger charge is -2.26. The van der Waals surface area contributed by atoms with Crippen LogP contribution in [0.2, 0.25) is 0 Å². The van der Waals surface area contributed by atoms with Crippen LogP contribution in [0.3, 0.4) is 0 Å². The van der Waals surface area contributed by atoms with E-state index in [9.17, 15) is 4.79 Å². The normalized spacial score (nSPS) is 17.3. The van der Waals surface area contributed by atoms with Gasteiger partial charge in [0.05, 0.1) is 12.3 Å². The number of amides is 1. The third-order valence-corrected chi connectivity index (χ3v) is 4.00. The van der Waals surface area contributed by atoms with Crippen molar-refractivity contribution in [3.8, 4) is 0 Å². The third-order valence-electron chi connectivity index (χ3n) is 3.69. The fourth-order valence-corrected chi connectivity index (χ4v) is 2.73. The van der Waals surface area contributed by atoms with Crippen molar-refractivity contribution < 1.29 is 9.53 Å². The summed E-state index contributed by atoms with van der Waals surface area (Å²) in [5.74, 6) is 0.246. The van der Waals surface area contributed by atoms with Crippen LogP contribution < -0.4 is 0 Å². The molecule has 1 aliphatic heterocycles. The van der Waals surface area contributed by atoms with E-state index in [-0.39, 0.29) is 12.0 Å². The molecule has 6 heteroatoms. The molecule has 1 atom stereocenters. The molecule has 1 aromatic heterocycles. The van der Waals surface area contributed by atoms with Crippen LogP contribution in [0.1, 0.15) is 25.8 Å². The topological polar surface area (TPSA) is 54.8 Å². The first-order chi connectivity index (χ1) is 11.2. The van der Waals surface area contributed by atoms with Crippen LogP contribution >= 0.6 is 11.6 Å². The molecule has 0 fully saturated rings. The Labute approximate surface area is 142 Å². The van der Waals surface area contributed by atoms with Crippen molar-refractivity contribution in [3.63, 3.8) is 0 Å². The lowest BCUT2D eigenvalue weighted by atomic mass is 9.97. The lowest BCUT2D eigenvalue weighted by molar-refractivity contribution is 0.121. The predicted octanol–water partition coefficient (Wildman–Crippen LogP) is 3.64. The molecule has 124 valence electrons. The summed E-state index contributed by atoms with van der Waals surface area (Å²) in [5, 5.41) is 0.373. The Balaban J connectivity index is 2.06. The number of carbonyl (C=O) groups excluding carboxylic acids is 1. The van der Waals surface area contributed by atoms with Gasteiger partial charge in [-0.15, -0.1) is 0 Å². The van der Waals surface area contributed by atoms with E-state index in [0.29, 0.717) is 30.6 Å². The van der Waals surface area contributed by atoms with Gasteiger partial charge in [-0.2, -0.15) is 0 Å². The number of pyridine rings is 1. The van der Waals surface area contributed by atoms with Gasteiger partial charge in [0.25, 0.3) is 0 Å². The maximum Gasteiger partial charge on any atom is 0.414 e. The SMILES string of the molecule is CCOC(=O)N(CC)C1=CC(CCc2cccnc2)CN=C1Cl. The molecule has 1 aliphatic rings. The van der Waals surface area contributed by atoms with E-state index < -0.39 is 0 Å². The van der Waals surface area contributed by atoms with Gasteiger partial charge in [-0.05, 0) is 44.2 Å². The molecule has 0 aliphatic carbocycles. The molecular weight excluding hydrogens is 314 g/mol. The Bertz CT molecular complexity index is 587. The monoisotopic (exact) mass is 335 g/mol. The zero-order valence-corrected chi connectivity index (χ0v) is 14.3. The Morgan fingerprint density at radius 1 is 1.48 bits per heavy atom. The summed E-state index contributed by atoms with van der Waals surface area (Å²) in [5.41, 5.74) is 1.84. The van der Waals surface area contributed by atoms with Gasteiger partial charge < -0.3 is 4.74 Å². The van der Waals surface area contributed by atoms with Crippen LogP contribution in [-0.4, -0.2) is 40.8 Å². The number of halogens is 1. The molecule has 23 heavy (non-hydrogen) atoms. The fraction of sp³-hybridized carbons (Fsp3) is 0.471. The Hall–Kier alpha value is -1.88. The standard InChI is InChI=1S/C17H22ClN3O2/c1-3-21(17(22)23-4-2)15-10-14(12-20-16(15)18)8-7-13-6-5-9-19-11-13/h5-6,9-11,14H,3-4,7-8,12H2,1-2H3. The molecule has 1 aromatic rings. The largest absolute Gasteiger partial charge is 0.449 e. The molecule has 2 rings (SSSR count). The highest BCUT2D eigenvalue weighted by molar-refractivity contribution is 6.69. The molecular formula is C17H22ClN3O2. The first kappa shape index (κ1) is 17.5. The number of allylic oxidation sites excluding steroid dienone is 1. The van der Waals surface area contributed by atoms with Gasteiger partial charge in [0.2, 0.25) is 0 Å². The number of ether oxygens (including phenoxy) is 1. The van der Waals surface area contributed by atoms with Crippen molar-refractivity contribution in [2.45, 2.75) is 26.7 Å².